The normalized spacial score (nSPS) is 18.3. The Labute approximate surface area is 243 Å². The number of hydrogen-bond donors (Lipinski definition) is 1. The van der Waals surface area contributed by atoms with Gasteiger partial charge in [-0.3, -0.25) is 14.6 Å². The lowest BCUT2D eigenvalue weighted by atomic mass is 9.94. The molecule has 2 aromatic rings. The zero-order valence-corrected chi connectivity index (χ0v) is 23.7. The summed E-state index contributed by atoms with van der Waals surface area (Å²) in [5.41, 5.74) is 1.38. The highest BCUT2D eigenvalue weighted by Gasteiger charge is 2.39. The molecule has 0 aliphatic carbocycles. The smallest absolute Gasteiger partial charge is 0.338 e. The van der Waals surface area contributed by atoms with Crippen LogP contribution in [-0.4, -0.2) is 78.5 Å². The first-order chi connectivity index (χ1) is 19.2. The molecule has 0 bridgehead atoms. The minimum Gasteiger partial charge on any atom is -0.463 e. The van der Waals surface area contributed by atoms with E-state index in [4.69, 9.17) is 27.9 Å². The molecule has 4 rings (SSSR count). The van der Waals surface area contributed by atoms with Crippen LogP contribution in [0.25, 0.3) is 0 Å². The summed E-state index contributed by atoms with van der Waals surface area (Å²) in [7, 11) is 0. The van der Waals surface area contributed by atoms with E-state index in [-0.39, 0.29) is 36.7 Å². The lowest BCUT2D eigenvalue weighted by molar-refractivity contribution is -0.139. The Morgan fingerprint density at radius 2 is 1.90 bits per heavy atom. The van der Waals surface area contributed by atoms with Crippen LogP contribution in [0.2, 0.25) is 10.0 Å². The van der Waals surface area contributed by atoms with Gasteiger partial charge in [-0.05, 0) is 43.2 Å². The minimum atomic E-state index is -0.816. The Kier molecular flexibility index (Phi) is 9.84. The number of benzene rings is 2. The first kappa shape index (κ1) is 29.6. The average Bonchev–Trinajstić information content (AvgIpc) is 3.17. The van der Waals surface area contributed by atoms with Crippen LogP contribution in [0.15, 0.2) is 66.4 Å². The third-order valence-corrected chi connectivity index (χ3v) is 7.61. The van der Waals surface area contributed by atoms with Gasteiger partial charge in [0.25, 0.3) is 5.91 Å². The number of amides is 3. The molecule has 212 valence electrons. The van der Waals surface area contributed by atoms with Crippen molar-refractivity contribution < 1.29 is 23.5 Å². The Bertz CT molecular complexity index is 1330. The fourth-order valence-corrected chi connectivity index (χ4v) is 5.24. The predicted molar refractivity (Wildman–Crippen MR) is 152 cm³/mol. The number of carbonyl (C=O) groups excluding carboxylic acids is 3. The standard InChI is InChI=1S/C29H31Cl2FN4O4/c1-3-12-36-24(18-34-13-7-14-35(16-15-34)27(37)20-8-5-6-9-23(20)32)25(28(38)40-4-2)26(33-29(36)39)19-10-11-21(30)22(31)17-19/h3,5-6,8-11,17,26H,1,4,7,12-16,18H2,2H3,(H,33,39). The van der Waals surface area contributed by atoms with Crippen molar-refractivity contribution in [1.82, 2.24) is 20.0 Å². The fourth-order valence-electron chi connectivity index (χ4n) is 4.94. The SMILES string of the molecule is C=CCN1C(=O)NC(c2ccc(Cl)c(Cl)c2)C(C(=O)OCC)=C1CN1CCCN(C(=O)c2ccccc2F)CC1. The Balaban J connectivity index is 1.66. The number of hydrogen-bond acceptors (Lipinski definition) is 5. The van der Waals surface area contributed by atoms with Crippen LogP contribution in [0.3, 0.4) is 0 Å². The first-order valence-corrected chi connectivity index (χ1v) is 13.8. The van der Waals surface area contributed by atoms with Gasteiger partial charge < -0.3 is 15.0 Å². The van der Waals surface area contributed by atoms with Gasteiger partial charge in [0.2, 0.25) is 0 Å². The van der Waals surface area contributed by atoms with E-state index in [1.807, 2.05) is 0 Å². The van der Waals surface area contributed by atoms with Crippen LogP contribution in [0.1, 0.15) is 35.3 Å². The Morgan fingerprint density at radius 3 is 2.60 bits per heavy atom. The molecule has 1 N–H and O–H groups in total. The van der Waals surface area contributed by atoms with E-state index in [0.29, 0.717) is 53.9 Å². The van der Waals surface area contributed by atoms with Crippen LogP contribution in [0.5, 0.6) is 0 Å². The predicted octanol–water partition coefficient (Wildman–Crippen LogP) is 5.05. The molecule has 2 aliphatic heterocycles. The van der Waals surface area contributed by atoms with Crippen molar-refractivity contribution in [3.05, 3.63) is 93.4 Å². The van der Waals surface area contributed by atoms with Crippen molar-refractivity contribution in [2.45, 2.75) is 19.4 Å². The molecule has 40 heavy (non-hydrogen) atoms. The number of carbonyl (C=O) groups is 3. The van der Waals surface area contributed by atoms with E-state index in [1.54, 1.807) is 48.2 Å². The molecule has 2 aliphatic rings. The van der Waals surface area contributed by atoms with Gasteiger partial charge in [-0.25, -0.2) is 14.0 Å². The second-order valence-electron chi connectivity index (χ2n) is 9.44. The molecular formula is C29H31Cl2FN4O4. The van der Waals surface area contributed by atoms with Gasteiger partial charge in [0, 0.05) is 45.0 Å². The molecule has 0 saturated carbocycles. The third-order valence-electron chi connectivity index (χ3n) is 6.88. The number of ether oxygens (including phenoxy) is 1. The highest BCUT2D eigenvalue weighted by atomic mass is 35.5. The highest BCUT2D eigenvalue weighted by molar-refractivity contribution is 6.42. The van der Waals surface area contributed by atoms with Gasteiger partial charge >= 0.3 is 12.0 Å². The summed E-state index contributed by atoms with van der Waals surface area (Å²) in [4.78, 5) is 44.9. The van der Waals surface area contributed by atoms with Gasteiger partial charge in [-0.2, -0.15) is 0 Å². The Morgan fingerprint density at radius 1 is 1.12 bits per heavy atom. The number of urea groups is 1. The van der Waals surface area contributed by atoms with Gasteiger partial charge in [-0.15, -0.1) is 6.58 Å². The number of nitrogens with one attached hydrogen (secondary N) is 1. The molecule has 3 amide bonds. The van der Waals surface area contributed by atoms with Crippen molar-refractivity contribution in [3.63, 3.8) is 0 Å². The molecule has 0 radical (unpaired) electrons. The fraction of sp³-hybridized carbons (Fsp3) is 0.345. The number of halogens is 3. The van der Waals surface area contributed by atoms with Crippen molar-refractivity contribution in [2.75, 3.05) is 45.9 Å². The maximum Gasteiger partial charge on any atom is 0.338 e. The summed E-state index contributed by atoms with van der Waals surface area (Å²) in [6.45, 7) is 7.92. The number of rotatable bonds is 8. The summed E-state index contributed by atoms with van der Waals surface area (Å²) in [5.74, 6) is -1.48. The van der Waals surface area contributed by atoms with Gasteiger partial charge in [0.1, 0.15) is 5.82 Å². The number of nitrogens with zero attached hydrogens (tertiary/aromatic N) is 3. The molecule has 1 fully saturated rings. The second-order valence-corrected chi connectivity index (χ2v) is 10.3. The van der Waals surface area contributed by atoms with E-state index in [2.05, 4.69) is 16.8 Å². The first-order valence-electron chi connectivity index (χ1n) is 13.0. The van der Waals surface area contributed by atoms with Crippen molar-refractivity contribution >= 4 is 41.1 Å². The molecule has 1 saturated heterocycles. The molecule has 0 aromatic heterocycles. The zero-order chi connectivity index (χ0) is 28.8. The summed E-state index contributed by atoms with van der Waals surface area (Å²) < 4.78 is 19.7. The molecule has 11 heteroatoms. The van der Waals surface area contributed by atoms with E-state index in [9.17, 15) is 18.8 Å². The Hall–Kier alpha value is -3.40. The topological polar surface area (TPSA) is 82.2 Å². The molecule has 1 unspecified atom stereocenters. The quantitative estimate of drug-likeness (QED) is 0.345. The van der Waals surface area contributed by atoms with Crippen molar-refractivity contribution in [2.24, 2.45) is 0 Å². The lowest BCUT2D eigenvalue weighted by Crippen LogP contribution is -2.51. The lowest BCUT2D eigenvalue weighted by Gasteiger charge is -2.38. The van der Waals surface area contributed by atoms with Gasteiger partial charge in [0.05, 0.1) is 33.8 Å². The molecule has 1 atom stereocenters. The zero-order valence-electron chi connectivity index (χ0n) is 22.2. The van der Waals surface area contributed by atoms with Crippen LogP contribution in [0.4, 0.5) is 9.18 Å². The molecular weight excluding hydrogens is 558 g/mol. The number of esters is 1. The van der Waals surface area contributed by atoms with Gasteiger partial charge in [-0.1, -0.05) is 47.5 Å². The maximum absolute atomic E-state index is 14.3. The second kappa shape index (κ2) is 13.3. The average molecular weight is 589 g/mol. The van der Waals surface area contributed by atoms with Crippen LogP contribution in [-0.2, 0) is 9.53 Å². The van der Waals surface area contributed by atoms with E-state index < -0.39 is 23.9 Å². The van der Waals surface area contributed by atoms with Crippen LogP contribution in [0, 0.1) is 5.82 Å². The molecule has 8 nitrogen and oxygen atoms in total. The van der Waals surface area contributed by atoms with Crippen molar-refractivity contribution in [3.8, 4) is 0 Å². The minimum absolute atomic E-state index is 0.0360. The highest BCUT2D eigenvalue weighted by Crippen LogP contribution is 2.35. The summed E-state index contributed by atoms with van der Waals surface area (Å²) in [6.07, 6.45) is 2.21. The molecule has 2 heterocycles. The maximum atomic E-state index is 14.3. The summed E-state index contributed by atoms with van der Waals surface area (Å²) in [5, 5.41) is 3.54. The van der Waals surface area contributed by atoms with Crippen molar-refractivity contribution in [1.29, 1.82) is 0 Å². The summed E-state index contributed by atoms with van der Waals surface area (Å²) in [6, 6.07) is 9.65. The largest absolute Gasteiger partial charge is 0.463 e. The van der Waals surface area contributed by atoms with E-state index >= 15 is 0 Å². The molecule has 2 aromatic carbocycles. The summed E-state index contributed by atoms with van der Waals surface area (Å²) >= 11 is 12.4. The van der Waals surface area contributed by atoms with Crippen LogP contribution >= 0.6 is 23.2 Å². The van der Waals surface area contributed by atoms with Gasteiger partial charge in [0.15, 0.2) is 0 Å². The van der Waals surface area contributed by atoms with E-state index in [1.165, 1.54) is 17.0 Å². The van der Waals surface area contributed by atoms with Crippen LogP contribution < -0.4 is 5.32 Å². The van der Waals surface area contributed by atoms with E-state index in [0.717, 1.165) is 0 Å². The monoisotopic (exact) mass is 588 g/mol. The third kappa shape index (κ3) is 6.49. The molecule has 0 spiro atoms.